The van der Waals surface area contributed by atoms with E-state index < -0.39 is 12.0 Å². The van der Waals surface area contributed by atoms with Crippen molar-refractivity contribution in [2.24, 2.45) is 0 Å². The number of benzene rings is 1. The Morgan fingerprint density at radius 2 is 2.35 bits per heavy atom. The molecule has 1 unspecified atom stereocenters. The number of nitrogens with one attached hydrogen (secondary N) is 1. The Labute approximate surface area is 113 Å². The summed E-state index contributed by atoms with van der Waals surface area (Å²) in [7, 11) is 1.57. The summed E-state index contributed by atoms with van der Waals surface area (Å²) in [6.07, 6.45) is 0. The fraction of sp³-hybridized carbons (Fsp3) is 0.364. The molecule has 0 aliphatic carbocycles. The van der Waals surface area contributed by atoms with E-state index in [1.54, 1.807) is 25.3 Å². The quantitative estimate of drug-likeness (QED) is 0.790. The van der Waals surface area contributed by atoms with Crippen LogP contribution < -0.4 is 5.32 Å². The lowest BCUT2D eigenvalue weighted by atomic mass is 10.1. The Morgan fingerprint density at radius 3 is 2.88 bits per heavy atom. The summed E-state index contributed by atoms with van der Waals surface area (Å²) in [6, 6.07) is 4.28. The number of methoxy groups -OCH3 is 1. The van der Waals surface area contributed by atoms with Crippen LogP contribution in [-0.2, 0) is 9.53 Å². The van der Waals surface area contributed by atoms with Gasteiger partial charge in [-0.2, -0.15) is 0 Å². The van der Waals surface area contributed by atoms with Gasteiger partial charge in [-0.3, -0.25) is 10.1 Å². The molecule has 1 atom stereocenters. The monoisotopic (exact) mass is 321 g/mol. The topological polar surface area (TPSA) is 58.6 Å². The molecule has 1 rings (SSSR count). The average Bonchev–Trinajstić information content (AvgIpc) is 2.28. The zero-order valence-electron chi connectivity index (χ0n) is 9.24. The zero-order chi connectivity index (χ0) is 12.8. The number of aliphatic carboxylic acids is 1. The molecule has 6 heteroatoms. The second-order valence-electron chi connectivity index (χ2n) is 3.39. The first-order valence-corrected chi connectivity index (χ1v) is 6.13. The number of halogens is 2. The van der Waals surface area contributed by atoms with Crippen LogP contribution in [0, 0.1) is 0 Å². The number of carbonyl (C=O) groups is 1. The smallest absolute Gasteiger partial charge is 0.325 e. The molecule has 0 amide bonds. The molecule has 17 heavy (non-hydrogen) atoms. The summed E-state index contributed by atoms with van der Waals surface area (Å²) in [6.45, 7) is 0.923. The largest absolute Gasteiger partial charge is 0.480 e. The molecule has 0 radical (unpaired) electrons. The van der Waals surface area contributed by atoms with Gasteiger partial charge in [-0.1, -0.05) is 17.7 Å². The van der Waals surface area contributed by atoms with Gasteiger partial charge in [0.25, 0.3) is 0 Å². The molecule has 94 valence electrons. The lowest BCUT2D eigenvalue weighted by molar-refractivity contribution is -0.139. The number of hydrogen-bond donors (Lipinski definition) is 2. The van der Waals surface area contributed by atoms with Crippen molar-refractivity contribution in [3.8, 4) is 0 Å². The highest BCUT2D eigenvalue weighted by Crippen LogP contribution is 2.26. The molecule has 0 heterocycles. The van der Waals surface area contributed by atoms with Crippen LogP contribution in [0.5, 0.6) is 0 Å². The van der Waals surface area contributed by atoms with E-state index in [9.17, 15) is 4.79 Å². The molecular formula is C11H13BrClNO3. The normalized spacial score (nSPS) is 12.4. The van der Waals surface area contributed by atoms with E-state index in [0.29, 0.717) is 28.2 Å². The number of ether oxygens (including phenoxy) is 1. The van der Waals surface area contributed by atoms with E-state index in [4.69, 9.17) is 21.4 Å². The summed E-state index contributed by atoms with van der Waals surface area (Å²) >= 11 is 9.12. The Bertz CT molecular complexity index is 400. The first-order chi connectivity index (χ1) is 8.06. The van der Waals surface area contributed by atoms with E-state index in [2.05, 4.69) is 21.2 Å². The van der Waals surface area contributed by atoms with Gasteiger partial charge in [0.2, 0.25) is 0 Å². The maximum Gasteiger partial charge on any atom is 0.325 e. The molecular weight excluding hydrogens is 309 g/mol. The van der Waals surface area contributed by atoms with Crippen LogP contribution in [0.2, 0.25) is 5.02 Å². The van der Waals surface area contributed by atoms with Gasteiger partial charge in [-0.05, 0) is 33.6 Å². The second kappa shape index (κ2) is 6.96. The Kier molecular flexibility index (Phi) is 5.91. The van der Waals surface area contributed by atoms with E-state index in [-0.39, 0.29) is 0 Å². The summed E-state index contributed by atoms with van der Waals surface area (Å²) in [4.78, 5) is 11.1. The van der Waals surface area contributed by atoms with Crippen LogP contribution in [0.3, 0.4) is 0 Å². The van der Waals surface area contributed by atoms with E-state index in [1.165, 1.54) is 0 Å². The van der Waals surface area contributed by atoms with Crippen molar-refractivity contribution in [3.63, 3.8) is 0 Å². The van der Waals surface area contributed by atoms with Gasteiger partial charge in [-0.15, -0.1) is 0 Å². The molecule has 0 aliphatic heterocycles. The number of rotatable bonds is 6. The molecule has 0 saturated heterocycles. The highest BCUT2D eigenvalue weighted by molar-refractivity contribution is 9.10. The highest BCUT2D eigenvalue weighted by Gasteiger charge is 2.19. The lowest BCUT2D eigenvalue weighted by Gasteiger charge is -2.15. The predicted molar refractivity (Wildman–Crippen MR) is 69.4 cm³/mol. The maximum absolute atomic E-state index is 11.1. The van der Waals surface area contributed by atoms with Gasteiger partial charge in [0.05, 0.1) is 11.6 Å². The van der Waals surface area contributed by atoms with Crippen molar-refractivity contribution in [3.05, 3.63) is 33.3 Å². The average molecular weight is 323 g/mol. The minimum Gasteiger partial charge on any atom is -0.480 e. The Balaban J connectivity index is 2.82. The maximum atomic E-state index is 11.1. The summed E-state index contributed by atoms with van der Waals surface area (Å²) in [5.74, 6) is -0.935. The Hall–Kier alpha value is -0.620. The minimum absolute atomic E-state index is 0.457. The van der Waals surface area contributed by atoms with Crippen molar-refractivity contribution in [1.82, 2.24) is 5.32 Å². The molecule has 0 saturated carbocycles. The summed E-state index contributed by atoms with van der Waals surface area (Å²) < 4.78 is 5.54. The first-order valence-electron chi connectivity index (χ1n) is 4.96. The molecule has 0 bridgehead atoms. The van der Waals surface area contributed by atoms with Crippen molar-refractivity contribution >= 4 is 33.5 Å². The summed E-state index contributed by atoms with van der Waals surface area (Å²) in [5.41, 5.74) is 0.643. The lowest BCUT2D eigenvalue weighted by Crippen LogP contribution is -2.31. The molecule has 0 aromatic heterocycles. The van der Waals surface area contributed by atoms with Gasteiger partial charge in [0.15, 0.2) is 0 Å². The third-order valence-electron chi connectivity index (χ3n) is 2.18. The van der Waals surface area contributed by atoms with Crippen LogP contribution in [-0.4, -0.2) is 31.3 Å². The standard InChI is InChI=1S/C11H13BrClNO3/c1-17-5-4-14-10(11(15)16)7-2-3-9(13)8(12)6-7/h2-3,6,10,14H,4-5H2,1H3,(H,15,16). The van der Waals surface area contributed by atoms with E-state index in [0.717, 1.165) is 0 Å². The zero-order valence-corrected chi connectivity index (χ0v) is 11.6. The van der Waals surface area contributed by atoms with Crippen LogP contribution in [0.4, 0.5) is 0 Å². The van der Waals surface area contributed by atoms with Crippen LogP contribution in [0.15, 0.2) is 22.7 Å². The van der Waals surface area contributed by atoms with E-state index in [1.807, 2.05) is 0 Å². The third kappa shape index (κ3) is 4.27. The number of hydrogen-bond acceptors (Lipinski definition) is 3. The van der Waals surface area contributed by atoms with Gasteiger partial charge in [0.1, 0.15) is 6.04 Å². The molecule has 0 fully saturated rings. The summed E-state index contributed by atoms with van der Waals surface area (Å²) in [5, 5.41) is 12.6. The molecule has 4 nitrogen and oxygen atoms in total. The van der Waals surface area contributed by atoms with Gasteiger partial charge < -0.3 is 9.84 Å². The van der Waals surface area contributed by atoms with Crippen LogP contribution >= 0.6 is 27.5 Å². The van der Waals surface area contributed by atoms with Crippen molar-refractivity contribution in [2.45, 2.75) is 6.04 Å². The SMILES string of the molecule is COCCNC(C(=O)O)c1ccc(Cl)c(Br)c1. The van der Waals surface area contributed by atoms with Crippen molar-refractivity contribution < 1.29 is 14.6 Å². The molecule has 0 aliphatic rings. The van der Waals surface area contributed by atoms with Crippen molar-refractivity contribution in [2.75, 3.05) is 20.3 Å². The molecule has 0 spiro atoms. The fourth-order valence-corrected chi connectivity index (χ4v) is 1.86. The number of carboxylic acids is 1. The van der Waals surface area contributed by atoms with Gasteiger partial charge in [0, 0.05) is 18.1 Å². The third-order valence-corrected chi connectivity index (χ3v) is 3.39. The molecule has 1 aromatic rings. The van der Waals surface area contributed by atoms with Gasteiger partial charge in [-0.25, -0.2) is 0 Å². The fourth-order valence-electron chi connectivity index (χ4n) is 1.35. The van der Waals surface area contributed by atoms with E-state index >= 15 is 0 Å². The number of carboxylic acid groups (broad SMARTS) is 1. The Morgan fingerprint density at radius 1 is 1.65 bits per heavy atom. The predicted octanol–water partition coefficient (Wildman–Crippen LogP) is 2.46. The first kappa shape index (κ1) is 14.4. The van der Waals surface area contributed by atoms with Gasteiger partial charge >= 0.3 is 5.97 Å². The van der Waals surface area contributed by atoms with Crippen LogP contribution in [0.25, 0.3) is 0 Å². The second-order valence-corrected chi connectivity index (χ2v) is 4.65. The van der Waals surface area contributed by atoms with Crippen molar-refractivity contribution in [1.29, 1.82) is 0 Å². The highest BCUT2D eigenvalue weighted by atomic mass is 79.9. The molecule has 1 aromatic carbocycles. The van der Waals surface area contributed by atoms with Crippen LogP contribution in [0.1, 0.15) is 11.6 Å². The minimum atomic E-state index is -0.935. The molecule has 2 N–H and O–H groups in total.